The molecule has 0 spiro atoms. The largest absolute Gasteiger partial charge is 0.373 e. The summed E-state index contributed by atoms with van der Waals surface area (Å²) in [4.78, 5) is 2.27. The Morgan fingerprint density at radius 3 is 2.79 bits per heavy atom. The zero-order valence-electron chi connectivity index (χ0n) is 8.50. The molecular formula is C12H14BrN. The number of hydrogen-bond donors (Lipinski definition) is 0. The summed E-state index contributed by atoms with van der Waals surface area (Å²) in [7, 11) is 2.13. The van der Waals surface area contributed by atoms with E-state index in [1.165, 1.54) is 11.1 Å². The van der Waals surface area contributed by atoms with Crippen LogP contribution in [-0.2, 0) is 0 Å². The average Bonchev–Trinajstić information content (AvgIpc) is 2.52. The van der Waals surface area contributed by atoms with Gasteiger partial charge >= 0.3 is 0 Å². The summed E-state index contributed by atoms with van der Waals surface area (Å²) in [6.07, 6.45) is 5.51. The minimum Gasteiger partial charge on any atom is -0.373 e. The first-order valence-electron chi connectivity index (χ1n) is 4.83. The number of halogens is 1. The highest BCUT2D eigenvalue weighted by molar-refractivity contribution is 9.10. The normalized spacial score (nSPS) is 20.5. The van der Waals surface area contributed by atoms with Crippen LogP contribution in [0.3, 0.4) is 0 Å². The predicted octanol–water partition coefficient (Wildman–Crippen LogP) is 3.65. The molecule has 1 aliphatic heterocycles. The third kappa shape index (κ3) is 1.71. The Kier molecular flexibility index (Phi) is 2.64. The summed E-state index contributed by atoms with van der Waals surface area (Å²) in [5, 5.41) is 0. The van der Waals surface area contributed by atoms with E-state index in [4.69, 9.17) is 0 Å². The van der Waals surface area contributed by atoms with Gasteiger partial charge in [-0.05, 0) is 42.8 Å². The van der Waals surface area contributed by atoms with Crippen LogP contribution in [-0.4, -0.2) is 11.9 Å². The van der Waals surface area contributed by atoms with Gasteiger partial charge < -0.3 is 4.90 Å². The van der Waals surface area contributed by atoms with Crippen molar-refractivity contribution >= 4 is 15.9 Å². The van der Waals surface area contributed by atoms with Gasteiger partial charge in [-0.2, -0.15) is 0 Å². The number of hydrogen-bond acceptors (Lipinski definition) is 1. The van der Waals surface area contributed by atoms with Crippen molar-refractivity contribution in [3.63, 3.8) is 0 Å². The Hall–Kier alpha value is -0.760. The van der Waals surface area contributed by atoms with Gasteiger partial charge in [0.15, 0.2) is 0 Å². The van der Waals surface area contributed by atoms with E-state index in [0.29, 0.717) is 6.04 Å². The summed E-state index contributed by atoms with van der Waals surface area (Å²) in [5.41, 5.74) is 2.79. The first kappa shape index (κ1) is 9.78. The molecule has 1 aliphatic rings. The minimum atomic E-state index is 0.531. The highest BCUT2D eigenvalue weighted by Gasteiger charge is 2.18. The van der Waals surface area contributed by atoms with E-state index in [0.717, 1.165) is 10.9 Å². The van der Waals surface area contributed by atoms with Crippen molar-refractivity contribution in [3.8, 4) is 0 Å². The lowest BCUT2D eigenvalue weighted by Gasteiger charge is -2.23. The molecule has 2 rings (SSSR count). The van der Waals surface area contributed by atoms with Crippen LogP contribution in [0.1, 0.15) is 23.6 Å². The molecule has 1 heterocycles. The molecule has 1 atom stereocenters. The summed E-state index contributed by atoms with van der Waals surface area (Å²) < 4.78 is 1.16. The second kappa shape index (κ2) is 3.77. The Balaban J connectivity index is 2.33. The van der Waals surface area contributed by atoms with Crippen LogP contribution in [0.5, 0.6) is 0 Å². The predicted molar refractivity (Wildman–Crippen MR) is 63.1 cm³/mol. The molecule has 0 saturated carbocycles. The van der Waals surface area contributed by atoms with E-state index < -0.39 is 0 Å². The number of aryl methyl sites for hydroxylation is 1. The molecule has 1 aromatic rings. The molecule has 74 valence electrons. The Labute approximate surface area is 93.6 Å². The Bertz CT molecular complexity index is 371. The van der Waals surface area contributed by atoms with Crippen molar-refractivity contribution in [2.24, 2.45) is 0 Å². The molecule has 1 aromatic carbocycles. The van der Waals surface area contributed by atoms with E-state index in [1.54, 1.807) is 0 Å². The van der Waals surface area contributed by atoms with Crippen LogP contribution in [0.4, 0.5) is 0 Å². The third-order valence-electron chi connectivity index (χ3n) is 2.78. The fourth-order valence-corrected chi connectivity index (χ4v) is 2.46. The standard InChI is InChI=1S/C12H14BrN/c1-9-8-10(13)5-6-11(9)12-4-3-7-14(12)2/h3,5-8,12H,4H2,1-2H3. The van der Waals surface area contributed by atoms with Gasteiger partial charge in [0.2, 0.25) is 0 Å². The summed E-state index contributed by atoms with van der Waals surface area (Å²) in [6, 6.07) is 7.05. The van der Waals surface area contributed by atoms with Gasteiger partial charge in [-0.15, -0.1) is 0 Å². The lowest BCUT2D eigenvalue weighted by atomic mass is 10.00. The van der Waals surface area contributed by atoms with Crippen LogP contribution in [0.2, 0.25) is 0 Å². The molecule has 0 aromatic heterocycles. The summed E-state index contributed by atoms with van der Waals surface area (Å²) >= 11 is 3.49. The molecule has 0 aliphatic carbocycles. The maximum absolute atomic E-state index is 3.49. The van der Waals surface area contributed by atoms with Crippen molar-refractivity contribution in [1.29, 1.82) is 0 Å². The van der Waals surface area contributed by atoms with Crippen LogP contribution < -0.4 is 0 Å². The fourth-order valence-electron chi connectivity index (χ4n) is 1.99. The van der Waals surface area contributed by atoms with E-state index in [9.17, 15) is 0 Å². The molecule has 0 saturated heterocycles. The highest BCUT2D eigenvalue weighted by Crippen LogP contribution is 2.31. The third-order valence-corrected chi connectivity index (χ3v) is 3.28. The SMILES string of the molecule is Cc1cc(Br)ccc1C1CC=CN1C. The van der Waals surface area contributed by atoms with Crippen molar-refractivity contribution < 1.29 is 0 Å². The monoisotopic (exact) mass is 251 g/mol. The zero-order valence-corrected chi connectivity index (χ0v) is 10.1. The Morgan fingerprint density at radius 1 is 1.43 bits per heavy atom. The quantitative estimate of drug-likeness (QED) is 0.737. The number of rotatable bonds is 1. The van der Waals surface area contributed by atoms with Gasteiger partial charge in [0.1, 0.15) is 0 Å². The van der Waals surface area contributed by atoms with Crippen LogP contribution in [0.25, 0.3) is 0 Å². The minimum absolute atomic E-state index is 0.531. The van der Waals surface area contributed by atoms with Gasteiger partial charge in [-0.25, -0.2) is 0 Å². The van der Waals surface area contributed by atoms with Crippen molar-refractivity contribution in [1.82, 2.24) is 4.90 Å². The summed E-state index contributed by atoms with van der Waals surface area (Å²) in [6.45, 7) is 2.17. The second-order valence-electron chi connectivity index (χ2n) is 3.80. The van der Waals surface area contributed by atoms with Crippen LogP contribution in [0.15, 0.2) is 34.9 Å². The molecule has 1 nitrogen and oxygen atoms in total. The van der Waals surface area contributed by atoms with Crippen LogP contribution in [0, 0.1) is 6.92 Å². The molecular weight excluding hydrogens is 238 g/mol. The van der Waals surface area contributed by atoms with E-state index in [1.807, 2.05) is 0 Å². The topological polar surface area (TPSA) is 3.24 Å². The molecule has 0 N–H and O–H groups in total. The van der Waals surface area contributed by atoms with Gasteiger partial charge in [0.25, 0.3) is 0 Å². The molecule has 0 amide bonds. The van der Waals surface area contributed by atoms with Gasteiger partial charge in [0, 0.05) is 11.5 Å². The molecule has 1 unspecified atom stereocenters. The zero-order chi connectivity index (χ0) is 10.1. The van der Waals surface area contributed by atoms with E-state index in [-0.39, 0.29) is 0 Å². The maximum atomic E-state index is 3.49. The average molecular weight is 252 g/mol. The fraction of sp³-hybridized carbons (Fsp3) is 0.333. The lowest BCUT2D eigenvalue weighted by Crippen LogP contribution is -2.14. The summed E-state index contributed by atoms with van der Waals surface area (Å²) in [5.74, 6) is 0. The lowest BCUT2D eigenvalue weighted by molar-refractivity contribution is 0.366. The van der Waals surface area contributed by atoms with Gasteiger partial charge in [-0.1, -0.05) is 28.1 Å². The smallest absolute Gasteiger partial charge is 0.0571 e. The van der Waals surface area contributed by atoms with Gasteiger partial charge in [0.05, 0.1) is 6.04 Å². The molecule has 0 bridgehead atoms. The molecule has 0 radical (unpaired) electrons. The van der Waals surface area contributed by atoms with E-state index in [2.05, 4.69) is 65.3 Å². The second-order valence-corrected chi connectivity index (χ2v) is 4.72. The molecule has 2 heteroatoms. The van der Waals surface area contributed by atoms with E-state index >= 15 is 0 Å². The van der Waals surface area contributed by atoms with Crippen LogP contribution >= 0.6 is 15.9 Å². The first-order valence-corrected chi connectivity index (χ1v) is 5.62. The number of benzene rings is 1. The van der Waals surface area contributed by atoms with Crippen molar-refractivity contribution in [3.05, 3.63) is 46.1 Å². The van der Waals surface area contributed by atoms with Gasteiger partial charge in [-0.3, -0.25) is 0 Å². The number of nitrogens with zero attached hydrogens (tertiary/aromatic N) is 1. The van der Waals surface area contributed by atoms with Crippen molar-refractivity contribution in [2.75, 3.05) is 7.05 Å². The first-order chi connectivity index (χ1) is 6.68. The molecule has 0 fully saturated rings. The molecule has 14 heavy (non-hydrogen) atoms. The Morgan fingerprint density at radius 2 is 2.21 bits per heavy atom. The van der Waals surface area contributed by atoms with Crippen molar-refractivity contribution in [2.45, 2.75) is 19.4 Å². The highest BCUT2D eigenvalue weighted by atomic mass is 79.9. The maximum Gasteiger partial charge on any atom is 0.0571 e.